The molecule has 0 N–H and O–H groups in total. The molecule has 1 aliphatic heterocycles. The fourth-order valence-corrected chi connectivity index (χ4v) is 2.99. The first-order chi connectivity index (χ1) is 14.8. The van der Waals surface area contributed by atoms with Gasteiger partial charge in [-0.15, -0.1) is 0 Å². The number of nitrogens with zero attached hydrogens (tertiary/aromatic N) is 1. The maximum atomic E-state index is 12.7. The Morgan fingerprint density at radius 3 is 2.39 bits per heavy atom. The van der Waals surface area contributed by atoms with E-state index in [1.165, 1.54) is 0 Å². The van der Waals surface area contributed by atoms with E-state index in [0.29, 0.717) is 37.8 Å². The Morgan fingerprint density at radius 2 is 1.77 bits per heavy atom. The number of benzene rings is 1. The fraction of sp³-hybridized carbons (Fsp3) is 0.652. The van der Waals surface area contributed by atoms with Gasteiger partial charge in [0.1, 0.15) is 12.7 Å². The standard InChI is InChI=1S/C23H35NO7/c1-6-27-19-9-7-8-10-20(19)29-15-18-14-24(11-12-28-18)23(26)31-22(17(4)5)30-21(25)13-16(2)3/h7-10,16-18,22H,6,11-15H2,1-5H3/t18-,22?/m0/s1. The van der Waals surface area contributed by atoms with Gasteiger partial charge in [0.25, 0.3) is 6.29 Å². The number of rotatable bonds is 10. The minimum atomic E-state index is -0.922. The molecule has 174 valence electrons. The second-order valence-electron chi connectivity index (χ2n) is 8.21. The first-order valence-electron chi connectivity index (χ1n) is 10.9. The molecule has 1 aliphatic rings. The Hall–Kier alpha value is -2.48. The van der Waals surface area contributed by atoms with Crippen LogP contribution in [-0.2, 0) is 19.0 Å². The summed E-state index contributed by atoms with van der Waals surface area (Å²) in [6.45, 7) is 11.4. The number of ether oxygens (including phenoxy) is 5. The van der Waals surface area contributed by atoms with Crippen molar-refractivity contribution in [1.82, 2.24) is 4.90 Å². The molecule has 2 rings (SSSR count). The molecule has 31 heavy (non-hydrogen) atoms. The summed E-state index contributed by atoms with van der Waals surface area (Å²) in [6.07, 6.45) is -1.48. The lowest BCUT2D eigenvalue weighted by Crippen LogP contribution is -2.49. The predicted octanol–water partition coefficient (Wildman–Crippen LogP) is 3.87. The maximum absolute atomic E-state index is 12.7. The van der Waals surface area contributed by atoms with Gasteiger partial charge in [-0.3, -0.25) is 4.79 Å². The molecule has 8 nitrogen and oxygen atoms in total. The number of para-hydroxylation sites is 2. The second kappa shape index (κ2) is 12.4. The Bertz CT molecular complexity index is 707. The van der Waals surface area contributed by atoms with Gasteiger partial charge < -0.3 is 28.6 Å². The number of amides is 1. The van der Waals surface area contributed by atoms with Crippen molar-refractivity contribution in [3.63, 3.8) is 0 Å². The summed E-state index contributed by atoms with van der Waals surface area (Å²) < 4.78 is 28.0. The molecule has 1 fully saturated rings. The van der Waals surface area contributed by atoms with Crippen molar-refractivity contribution in [2.24, 2.45) is 11.8 Å². The van der Waals surface area contributed by atoms with Gasteiger partial charge >= 0.3 is 12.1 Å². The predicted molar refractivity (Wildman–Crippen MR) is 115 cm³/mol. The van der Waals surface area contributed by atoms with Crippen LogP contribution in [0.5, 0.6) is 11.5 Å². The van der Waals surface area contributed by atoms with E-state index in [-0.39, 0.29) is 36.9 Å². The molecule has 0 bridgehead atoms. The first-order valence-corrected chi connectivity index (χ1v) is 10.9. The number of hydrogen-bond acceptors (Lipinski definition) is 7. The van der Waals surface area contributed by atoms with Crippen molar-refractivity contribution >= 4 is 12.1 Å². The van der Waals surface area contributed by atoms with Crippen molar-refractivity contribution < 1.29 is 33.3 Å². The minimum absolute atomic E-state index is 0.157. The van der Waals surface area contributed by atoms with Gasteiger partial charge in [-0.05, 0) is 25.0 Å². The van der Waals surface area contributed by atoms with Crippen molar-refractivity contribution in [3.8, 4) is 11.5 Å². The molecule has 1 aromatic rings. The molecule has 1 saturated heterocycles. The van der Waals surface area contributed by atoms with Crippen LogP contribution in [0, 0.1) is 11.8 Å². The van der Waals surface area contributed by atoms with Crippen LogP contribution >= 0.6 is 0 Å². The molecule has 1 aromatic carbocycles. The molecule has 1 heterocycles. The van der Waals surface area contributed by atoms with Crippen LogP contribution in [0.3, 0.4) is 0 Å². The normalized spacial score (nSPS) is 17.4. The molecule has 0 radical (unpaired) electrons. The van der Waals surface area contributed by atoms with Crippen LogP contribution in [0.2, 0.25) is 0 Å². The lowest BCUT2D eigenvalue weighted by molar-refractivity contribution is -0.178. The number of esters is 1. The highest BCUT2D eigenvalue weighted by Crippen LogP contribution is 2.27. The lowest BCUT2D eigenvalue weighted by Gasteiger charge is -2.33. The van der Waals surface area contributed by atoms with E-state index in [4.69, 9.17) is 23.7 Å². The number of morpholine rings is 1. The number of carbonyl (C=O) groups excluding carboxylic acids is 2. The van der Waals surface area contributed by atoms with Gasteiger partial charge in [0.2, 0.25) is 0 Å². The summed E-state index contributed by atoms with van der Waals surface area (Å²) in [5.41, 5.74) is 0. The first kappa shape index (κ1) is 24.8. The minimum Gasteiger partial charge on any atom is -0.490 e. The fourth-order valence-electron chi connectivity index (χ4n) is 2.99. The quantitative estimate of drug-likeness (QED) is 0.406. The monoisotopic (exact) mass is 437 g/mol. The molecule has 8 heteroatoms. The summed E-state index contributed by atoms with van der Waals surface area (Å²) in [6, 6.07) is 7.43. The van der Waals surface area contributed by atoms with E-state index in [1.54, 1.807) is 4.90 Å². The SMILES string of the molecule is CCOc1ccccc1OC[C@@H]1CN(C(=O)OC(OC(=O)CC(C)C)C(C)C)CCO1. The summed E-state index contributed by atoms with van der Waals surface area (Å²) in [5.74, 6) is 0.937. The van der Waals surface area contributed by atoms with Crippen LogP contribution < -0.4 is 9.47 Å². The molecule has 1 amide bonds. The van der Waals surface area contributed by atoms with Crippen LogP contribution in [-0.4, -0.2) is 62.3 Å². The Kier molecular flexibility index (Phi) is 9.91. The summed E-state index contributed by atoms with van der Waals surface area (Å²) >= 11 is 0. The number of carbonyl (C=O) groups is 2. The van der Waals surface area contributed by atoms with Crippen molar-refractivity contribution in [3.05, 3.63) is 24.3 Å². The van der Waals surface area contributed by atoms with Crippen LogP contribution in [0.15, 0.2) is 24.3 Å². The third-order valence-corrected chi connectivity index (χ3v) is 4.55. The smallest absolute Gasteiger partial charge is 0.413 e. The van der Waals surface area contributed by atoms with Crippen molar-refractivity contribution in [2.45, 2.75) is 53.4 Å². The summed E-state index contributed by atoms with van der Waals surface area (Å²) in [4.78, 5) is 26.2. The third-order valence-electron chi connectivity index (χ3n) is 4.55. The van der Waals surface area contributed by atoms with Crippen molar-refractivity contribution in [2.75, 3.05) is 32.9 Å². The van der Waals surface area contributed by atoms with E-state index in [0.717, 1.165) is 0 Å². The molecule has 0 aliphatic carbocycles. The Labute approximate surface area is 184 Å². The zero-order valence-corrected chi connectivity index (χ0v) is 19.2. The average molecular weight is 438 g/mol. The van der Waals surface area contributed by atoms with Gasteiger partial charge in [-0.25, -0.2) is 4.79 Å². The molecule has 1 unspecified atom stereocenters. The van der Waals surface area contributed by atoms with Crippen molar-refractivity contribution in [1.29, 1.82) is 0 Å². The van der Waals surface area contributed by atoms with E-state index in [2.05, 4.69) is 0 Å². The number of hydrogen-bond donors (Lipinski definition) is 0. The highest BCUT2D eigenvalue weighted by Gasteiger charge is 2.30. The highest BCUT2D eigenvalue weighted by molar-refractivity contribution is 5.71. The summed E-state index contributed by atoms with van der Waals surface area (Å²) in [5, 5.41) is 0. The van der Waals surface area contributed by atoms with Crippen LogP contribution in [0.4, 0.5) is 4.79 Å². The Balaban J connectivity index is 1.89. The Morgan fingerprint density at radius 1 is 1.10 bits per heavy atom. The van der Waals surface area contributed by atoms with Gasteiger partial charge in [-0.1, -0.05) is 39.8 Å². The van der Waals surface area contributed by atoms with E-state index >= 15 is 0 Å². The van der Waals surface area contributed by atoms with E-state index in [9.17, 15) is 9.59 Å². The van der Waals surface area contributed by atoms with Gasteiger partial charge in [0.15, 0.2) is 11.5 Å². The highest BCUT2D eigenvalue weighted by atomic mass is 16.7. The van der Waals surface area contributed by atoms with Crippen LogP contribution in [0.25, 0.3) is 0 Å². The van der Waals surface area contributed by atoms with E-state index in [1.807, 2.05) is 58.9 Å². The third kappa shape index (κ3) is 8.28. The molecule has 0 aromatic heterocycles. The topological polar surface area (TPSA) is 83.5 Å². The van der Waals surface area contributed by atoms with Gasteiger partial charge in [0.05, 0.1) is 19.8 Å². The molecule has 0 saturated carbocycles. The summed E-state index contributed by atoms with van der Waals surface area (Å²) in [7, 11) is 0. The van der Waals surface area contributed by atoms with Gasteiger partial charge in [0, 0.05) is 18.9 Å². The zero-order chi connectivity index (χ0) is 22.8. The van der Waals surface area contributed by atoms with E-state index < -0.39 is 12.4 Å². The molecular formula is C23H35NO7. The maximum Gasteiger partial charge on any atom is 0.413 e. The molecule has 0 spiro atoms. The molecular weight excluding hydrogens is 402 g/mol. The zero-order valence-electron chi connectivity index (χ0n) is 19.2. The average Bonchev–Trinajstić information content (AvgIpc) is 2.72. The van der Waals surface area contributed by atoms with Crippen LogP contribution in [0.1, 0.15) is 41.0 Å². The lowest BCUT2D eigenvalue weighted by atomic mass is 10.1. The molecule has 2 atom stereocenters. The second-order valence-corrected chi connectivity index (χ2v) is 8.21. The van der Waals surface area contributed by atoms with Gasteiger partial charge in [-0.2, -0.15) is 0 Å². The largest absolute Gasteiger partial charge is 0.490 e.